The standard InChI is InChI=1S/C20H27N5O/c1-16-5-2-3-6-17(16)15-25-13-8-18(9-14-25)24-19(26)7-12-23-20-21-10-4-11-22-20/h2-6,10-11,18H,7-9,12-15H2,1H3,(H,24,26)(H,21,22,23). The fourth-order valence-electron chi connectivity index (χ4n) is 3.24. The van der Waals surface area contributed by atoms with Crippen LogP contribution in [0.4, 0.5) is 5.95 Å². The lowest BCUT2D eigenvalue weighted by molar-refractivity contribution is -0.121. The van der Waals surface area contributed by atoms with E-state index in [4.69, 9.17) is 0 Å². The normalized spacial score (nSPS) is 15.6. The van der Waals surface area contributed by atoms with Crippen LogP contribution in [0.3, 0.4) is 0 Å². The summed E-state index contributed by atoms with van der Waals surface area (Å²) in [6, 6.07) is 10.6. The molecule has 1 aliphatic rings. The van der Waals surface area contributed by atoms with Crippen molar-refractivity contribution in [1.29, 1.82) is 0 Å². The van der Waals surface area contributed by atoms with Gasteiger partial charge in [0.1, 0.15) is 0 Å². The molecule has 1 aliphatic heterocycles. The molecule has 0 saturated carbocycles. The van der Waals surface area contributed by atoms with Gasteiger partial charge in [-0.2, -0.15) is 0 Å². The minimum Gasteiger partial charge on any atom is -0.354 e. The van der Waals surface area contributed by atoms with Crippen molar-refractivity contribution in [3.63, 3.8) is 0 Å². The lowest BCUT2D eigenvalue weighted by Crippen LogP contribution is -2.44. The molecule has 138 valence electrons. The minimum atomic E-state index is 0.0887. The third kappa shape index (κ3) is 5.52. The van der Waals surface area contributed by atoms with E-state index in [1.807, 2.05) is 0 Å². The average Bonchev–Trinajstić information content (AvgIpc) is 2.66. The van der Waals surface area contributed by atoms with Gasteiger partial charge in [0.25, 0.3) is 0 Å². The van der Waals surface area contributed by atoms with Crippen LogP contribution in [0.2, 0.25) is 0 Å². The molecule has 0 radical (unpaired) electrons. The molecule has 1 aromatic carbocycles. The first-order chi connectivity index (χ1) is 12.7. The number of nitrogens with zero attached hydrogens (tertiary/aromatic N) is 3. The zero-order valence-electron chi connectivity index (χ0n) is 15.3. The number of piperidine rings is 1. The first-order valence-corrected chi connectivity index (χ1v) is 9.28. The number of likely N-dealkylation sites (tertiary alicyclic amines) is 1. The van der Waals surface area contributed by atoms with Crippen molar-refractivity contribution >= 4 is 11.9 Å². The van der Waals surface area contributed by atoms with Crippen LogP contribution in [-0.4, -0.2) is 46.5 Å². The van der Waals surface area contributed by atoms with Crippen molar-refractivity contribution in [2.24, 2.45) is 0 Å². The first-order valence-electron chi connectivity index (χ1n) is 9.28. The third-order valence-corrected chi connectivity index (χ3v) is 4.81. The van der Waals surface area contributed by atoms with Gasteiger partial charge in [0.15, 0.2) is 0 Å². The van der Waals surface area contributed by atoms with E-state index in [0.29, 0.717) is 18.9 Å². The Morgan fingerprint density at radius 3 is 2.62 bits per heavy atom. The van der Waals surface area contributed by atoms with Crippen LogP contribution < -0.4 is 10.6 Å². The molecular formula is C20H27N5O. The fraction of sp³-hybridized carbons (Fsp3) is 0.450. The maximum absolute atomic E-state index is 12.1. The zero-order valence-corrected chi connectivity index (χ0v) is 15.3. The molecule has 2 heterocycles. The van der Waals surface area contributed by atoms with E-state index in [1.165, 1.54) is 11.1 Å². The molecule has 1 amide bonds. The van der Waals surface area contributed by atoms with Gasteiger partial charge in [-0.1, -0.05) is 24.3 Å². The van der Waals surface area contributed by atoms with E-state index in [0.717, 1.165) is 32.5 Å². The van der Waals surface area contributed by atoms with Gasteiger partial charge < -0.3 is 10.6 Å². The molecule has 6 nitrogen and oxygen atoms in total. The van der Waals surface area contributed by atoms with Gasteiger partial charge in [-0.15, -0.1) is 0 Å². The number of anilines is 1. The van der Waals surface area contributed by atoms with E-state index in [-0.39, 0.29) is 11.9 Å². The smallest absolute Gasteiger partial charge is 0.222 e. The molecule has 2 aromatic rings. The summed E-state index contributed by atoms with van der Waals surface area (Å²) in [6.45, 7) is 5.75. The number of hydrogen-bond donors (Lipinski definition) is 2. The quantitative estimate of drug-likeness (QED) is 0.800. The number of carbonyl (C=O) groups is 1. The average molecular weight is 353 g/mol. The van der Waals surface area contributed by atoms with Crippen LogP contribution in [0.1, 0.15) is 30.4 Å². The molecule has 2 N–H and O–H groups in total. The molecule has 1 fully saturated rings. The Hall–Kier alpha value is -2.47. The van der Waals surface area contributed by atoms with E-state index in [9.17, 15) is 4.79 Å². The molecular weight excluding hydrogens is 326 g/mol. The molecule has 3 rings (SSSR count). The van der Waals surface area contributed by atoms with E-state index in [2.05, 4.69) is 56.7 Å². The minimum absolute atomic E-state index is 0.0887. The Bertz CT molecular complexity index is 698. The molecule has 0 atom stereocenters. The predicted octanol–water partition coefficient (Wildman–Crippen LogP) is 2.37. The molecule has 26 heavy (non-hydrogen) atoms. The molecule has 6 heteroatoms. The summed E-state index contributed by atoms with van der Waals surface area (Å²) in [5, 5.41) is 6.22. The van der Waals surface area contributed by atoms with E-state index >= 15 is 0 Å². The van der Waals surface area contributed by atoms with Crippen molar-refractivity contribution < 1.29 is 4.79 Å². The predicted molar refractivity (Wildman–Crippen MR) is 103 cm³/mol. The van der Waals surface area contributed by atoms with Crippen molar-refractivity contribution in [1.82, 2.24) is 20.2 Å². The highest BCUT2D eigenvalue weighted by Crippen LogP contribution is 2.16. The summed E-state index contributed by atoms with van der Waals surface area (Å²) >= 11 is 0. The number of benzene rings is 1. The van der Waals surface area contributed by atoms with Gasteiger partial charge in [-0.3, -0.25) is 9.69 Å². The van der Waals surface area contributed by atoms with Crippen LogP contribution in [0.25, 0.3) is 0 Å². The van der Waals surface area contributed by atoms with Gasteiger partial charge >= 0.3 is 0 Å². The molecule has 0 bridgehead atoms. The number of aryl methyl sites for hydroxylation is 1. The highest BCUT2D eigenvalue weighted by molar-refractivity contribution is 5.76. The Morgan fingerprint density at radius 1 is 1.15 bits per heavy atom. The van der Waals surface area contributed by atoms with Crippen molar-refractivity contribution in [2.45, 2.75) is 38.8 Å². The van der Waals surface area contributed by atoms with Crippen LogP contribution in [0.15, 0.2) is 42.7 Å². The Labute approximate surface area is 155 Å². The highest BCUT2D eigenvalue weighted by atomic mass is 16.1. The summed E-state index contributed by atoms with van der Waals surface area (Å²) in [4.78, 5) is 22.7. The van der Waals surface area contributed by atoms with E-state index in [1.54, 1.807) is 18.5 Å². The second-order valence-corrected chi connectivity index (χ2v) is 6.79. The highest BCUT2D eigenvalue weighted by Gasteiger charge is 2.20. The molecule has 0 aliphatic carbocycles. The van der Waals surface area contributed by atoms with E-state index < -0.39 is 0 Å². The molecule has 1 aromatic heterocycles. The Morgan fingerprint density at radius 2 is 1.88 bits per heavy atom. The number of carbonyl (C=O) groups excluding carboxylic acids is 1. The van der Waals surface area contributed by atoms with Crippen LogP contribution in [0.5, 0.6) is 0 Å². The second kappa shape index (κ2) is 9.29. The van der Waals surface area contributed by atoms with Crippen LogP contribution in [0, 0.1) is 6.92 Å². The number of hydrogen-bond acceptors (Lipinski definition) is 5. The summed E-state index contributed by atoms with van der Waals surface area (Å²) < 4.78 is 0. The molecule has 1 saturated heterocycles. The third-order valence-electron chi connectivity index (χ3n) is 4.81. The second-order valence-electron chi connectivity index (χ2n) is 6.79. The summed E-state index contributed by atoms with van der Waals surface area (Å²) in [5.41, 5.74) is 2.74. The number of rotatable bonds is 7. The molecule has 0 unspecified atom stereocenters. The summed E-state index contributed by atoms with van der Waals surface area (Å²) in [7, 11) is 0. The van der Waals surface area contributed by atoms with Gasteiger partial charge in [0.2, 0.25) is 11.9 Å². The zero-order chi connectivity index (χ0) is 18.2. The number of amides is 1. The summed E-state index contributed by atoms with van der Waals surface area (Å²) in [6.07, 6.45) is 5.81. The monoisotopic (exact) mass is 353 g/mol. The largest absolute Gasteiger partial charge is 0.354 e. The van der Waals surface area contributed by atoms with Gasteiger partial charge in [-0.05, 0) is 37.0 Å². The summed E-state index contributed by atoms with van der Waals surface area (Å²) in [5.74, 6) is 0.649. The van der Waals surface area contributed by atoms with Gasteiger partial charge in [0.05, 0.1) is 0 Å². The first kappa shape index (κ1) is 18.3. The van der Waals surface area contributed by atoms with Crippen LogP contribution >= 0.6 is 0 Å². The number of nitrogens with one attached hydrogen (secondary N) is 2. The van der Waals surface area contributed by atoms with Crippen molar-refractivity contribution in [3.8, 4) is 0 Å². The maximum Gasteiger partial charge on any atom is 0.222 e. The SMILES string of the molecule is Cc1ccccc1CN1CCC(NC(=O)CCNc2ncccn2)CC1. The number of aromatic nitrogens is 2. The topological polar surface area (TPSA) is 70.2 Å². The van der Waals surface area contributed by atoms with Crippen LogP contribution in [-0.2, 0) is 11.3 Å². The Kier molecular flexibility index (Phi) is 6.55. The van der Waals surface area contributed by atoms with Gasteiger partial charge in [0, 0.05) is 51.0 Å². The molecule has 0 spiro atoms. The lowest BCUT2D eigenvalue weighted by Gasteiger charge is -2.32. The van der Waals surface area contributed by atoms with Crippen molar-refractivity contribution in [3.05, 3.63) is 53.9 Å². The Balaban J connectivity index is 1.34. The fourth-order valence-corrected chi connectivity index (χ4v) is 3.24. The van der Waals surface area contributed by atoms with Gasteiger partial charge in [-0.25, -0.2) is 9.97 Å². The maximum atomic E-state index is 12.1. The van der Waals surface area contributed by atoms with Crippen molar-refractivity contribution in [2.75, 3.05) is 25.0 Å². The lowest BCUT2D eigenvalue weighted by atomic mass is 10.0.